The second kappa shape index (κ2) is 6.07. The number of amides is 1. The normalized spacial score (nSPS) is 10.3. The summed E-state index contributed by atoms with van der Waals surface area (Å²) in [5.74, 6) is 0.490. The zero-order valence-electron chi connectivity index (χ0n) is 10.4. The van der Waals surface area contributed by atoms with E-state index in [9.17, 15) is 4.79 Å². The Bertz CT molecular complexity index is 535. The standard InChI is InChI=1S/C14H15NOS2/c1-10-5-6-12(8-11(10)2)15-13(16)9-18-14-4-3-7-17-14/h3-8H,9H2,1-2H3,(H,15,16). The number of hydrogen-bond donors (Lipinski definition) is 1. The van der Waals surface area contributed by atoms with E-state index in [0.717, 1.165) is 5.69 Å². The fourth-order valence-electron chi connectivity index (χ4n) is 1.50. The third-order valence-electron chi connectivity index (χ3n) is 2.63. The maximum Gasteiger partial charge on any atom is 0.234 e. The van der Waals surface area contributed by atoms with E-state index < -0.39 is 0 Å². The van der Waals surface area contributed by atoms with Crippen LogP contribution in [0.15, 0.2) is 39.9 Å². The van der Waals surface area contributed by atoms with E-state index in [0.29, 0.717) is 5.75 Å². The number of carbonyl (C=O) groups excluding carboxylic acids is 1. The smallest absolute Gasteiger partial charge is 0.234 e. The average molecular weight is 277 g/mol. The number of anilines is 1. The van der Waals surface area contributed by atoms with Crippen molar-refractivity contribution >= 4 is 34.7 Å². The molecular formula is C14H15NOS2. The molecule has 1 N–H and O–H groups in total. The first-order valence-corrected chi connectivity index (χ1v) is 7.55. The Labute approximate surface area is 115 Å². The molecule has 4 heteroatoms. The van der Waals surface area contributed by atoms with Gasteiger partial charge in [0.2, 0.25) is 5.91 Å². The first-order chi connectivity index (χ1) is 8.65. The maximum absolute atomic E-state index is 11.8. The van der Waals surface area contributed by atoms with Gasteiger partial charge in [-0.25, -0.2) is 0 Å². The predicted octanol–water partition coefficient (Wildman–Crippen LogP) is 4.10. The molecule has 1 amide bonds. The highest BCUT2D eigenvalue weighted by Gasteiger charge is 2.04. The van der Waals surface area contributed by atoms with Gasteiger partial charge in [0, 0.05) is 5.69 Å². The van der Waals surface area contributed by atoms with Crippen LogP contribution in [0.25, 0.3) is 0 Å². The monoisotopic (exact) mass is 277 g/mol. The fourth-order valence-corrected chi connectivity index (χ4v) is 3.08. The van der Waals surface area contributed by atoms with Crippen molar-refractivity contribution in [3.8, 4) is 0 Å². The molecule has 18 heavy (non-hydrogen) atoms. The van der Waals surface area contributed by atoms with Crippen LogP contribution in [0.1, 0.15) is 11.1 Å². The van der Waals surface area contributed by atoms with Crippen molar-refractivity contribution in [2.24, 2.45) is 0 Å². The Balaban J connectivity index is 1.88. The molecule has 1 aromatic carbocycles. The van der Waals surface area contributed by atoms with Crippen molar-refractivity contribution in [2.75, 3.05) is 11.1 Å². The molecule has 2 rings (SSSR count). The number of nitrogens with one attached hydrogen (secondary N) is 1. The summed E-state index contributed by atoms with van der Waals surface area (Å²) in [5.41, 5.74) is 3.30. The number of rotatable bonds is 4. The summed E-state index contributed by atoms with van der Waals surface area (Å²) < 4.78 is 1.17. The number of hydrogen-bond acceptors (Lipinski definition) is 3. The second-order valence-electron chi connectivity index (χ2n) is 4.07. The first kappa shape index (κ1) is 13.2. The molecule has 0 saturated heterocycles. The lowest BCUT2D eigenvalue weighted by Crippen LogP contribution is -2.13. The van der Waals surface area contributed by atoms with Crippen LogP contribution in [0, 0.1) is 13.8 Å². The highest BCUT2D eigenvalue weighted by molar-refractivity contribution is 8.01. The van der Waals surface area contributed by atoms with Crippen LogP contribution in [0.4, 0.5) is 5.69 Å². The minimum atomic E-state index is 0.0386. The van der Waals surface area contributed by atoms with E-state index in [1.54, 1.807) is 23.1 Å². The molecule has 1 heterocycles. The summed E-state index contributed by atoms with van der Waals surface area (Å²) in [5, 5.41) is 4.93. The van der Waals surface area contributed by atoms with Crippen molar-refractivity contribution in [1.29, 1.82) is 0 Å². The topological polar surface area (TPSA) is 29.1 Å². The van der Waals surface area contributed by atoms with Gasteiger partial charge >= 0.3 is 0 Å². The van der Waals surface area contributed by atoms with Crippen molar-refractivity contribution in [3.05, 3.63) is 46.8 Å². The van der Waals surface area contributed by atoms with Crippen molar-refractivity contribution in [1.82, 2.24) is 0 Å². The molecular weight excluding hydrogens is 262 g/mol. The molecule has 2 aromatic rings. The molecule has 0 atom stereocenters. The van der Waals surface area contributed by atoms with Gasteiger partial charge in [-0.05, 0) is 48.6 Å². The van der Waals surface area contributed by atoms with Crippen LogP contribution < -0.4 is 5.32 Å². The van der Waals surface area contributed by atoms with Gasteiger partial charge in [0.1, 0.15) is 0 Å². The van der Waals surface area contributed by atoms with E-state index in [4.69, 9.17) is 0 Å². The van der Waals surface area contributed by atoms with Gasteiger partial charge in [0.15, 0.2) is 0 Å². The molecule has 0 unspecified atom stereocenters. The van der Waals surface area contributed by atoms with E-state index in [2.05, 4.69) is 12.2 Å². The number of thioether (sulfide) groups is 1. The van der Waals surface area contributed by atoms with Gasteiger partial charge in [-0.1, -0.05) is 12.1 Å². The molecule has 0 fully saturated rings. The quantitative estimate of drug-likeness (QED) is 0.853. The Morgan fingerprint density at radius 2 is 2.11 bits per heavy atom. The molecule has 0 saturated carbocycles. The summed E-state index contributed by atoms with van der Waals surface area (Å²) in [6, 6.07) is 9.99. The van der Waals surface area contributed by atoms with Gasteiger partial charge in [-0.15, -0.1) is 23.1 Å². The Morgan fingerprint density at radius 3 is 2.78 bits per heavy atom. The lowest BCUT2D eigenvalue weighted by molar-refractivity contribution is -0.113. The van der Waals surface area contributed by atoms with Crippen molar-refractivity contribution in [3.63, 3.8) is 0 Å². The maximum atomic E-state index is 11.8. The average Bonchev–Trinajstić information content (AvgIpc) is 2.84. The summed E-state index contributed by atoms with van der Waals surface area (Å²) in [6.07, 6.45) is 0. The van der Waals surface area contributed by atoms with Crippen LogP contribution in [0.2, 0.25) is 0 Å². The number of carbonyl (C=O) groups is 1. The lowest BCUT2D eigenvalue weighted by atomic mass is 10.1. The number of aryl methyl sites for hydroxylation is 2. The summed E-state index contributed by atoms with van der Waals surface area (Å²) in [6.45, 7) is 4.11. The van der Waals surface area contributed by atoms with Crippen molar-refractivity contribution < 1.29 is 4.79 Å². The van der Waals surface area contributed by atoms with E-state index >= 15 is 0 Å². The molecule has 94 valence electrons. The molecule has 0 spiro atoms. The third-order valence-corrected chi connectivity index (χ3v) is 4.76. The Morgan fingerprint density at radius 1 is 1.28 bits per heavy atom. The molecule has 0 aliphatic heterocycles. The summed E-state index contributed by atoms with van der Waals surface area (Å²) in [7, 11) is 0. The van der Waals surface area contributed by atoms with Crippen molar-refractivity contribution in [2.45, 2.75) is 18.1 Å². The molecule has 0 radical (unpaired) electrons. The van der Waals surface area contributed by atoms with E-state index in [1.807, 2.05) is 42.6 Å². The van der Waals surface area contributed by atoms with Crippen LogP contribution in [0.5, 0.6) is 0 Å². The van der Waals surface area contributed by atoms with Gasteiger partial charge in [-0.2, -0.15) is 0 Å². The predicted molar refractivity (Wildman–Crippen MR) is 79.6 cm³/mol. The van der Waals surface area contributed by atoms with Gasteiger partial charge in [-0.3, -0.25) is 4.79 Å². The first-order valence-electron chi connectivity index (χ1n) is 5.68. The minimum Gasteiger partial charge on any atom is -0.325 e. The van der Waals surface area contributed by atoms with Crippen LogP contribution in [-0.4, -0.2) is 11.7 Å². The van der Waals surface area contributed by atoms with E-state index in [-0.39, 0.29) is 5.91 Å². The van der Waals surface area contributed by atoms with Crippen LogP contribution in [-0.2, 0) is 4.79 Å². The SMILES string of the molecule is Cc1ccc(NC(=O)CSc2cccs2)cc1C. The Hall–Kier alpha value is -1.26. The zero-order valence-corrected chi connectivity index (χ0v) is 12.0. The number of benzene rings is 1. The van der Waals surface area contributed by atoms with Gasteiger partial charge < -0.3 is 5.32 Å². The van der Waals surface area contributed by atoms with Gasteiger partial charge in [0.05, 0.1) is 9.96 Å². The lowest BCUT2D eigenvalue weighted by Gasteiger charge is -2.07. The highest BCUT2D eigenvalue weighted by Crippen LogP contribution is 2.23. The van der Waals surface area contributed by atoms with Crippen LogP contribution >= 0.6 is 23.1 Å². The van der Waals surface area contributed by atoms with Gasteiger partial charge in [0.25, 0.3) is 0 Å². The molecule has 2 nitrogen and oxygen atoms in total. The molecule has 0 bridgehead atoms. The fraction of sp³-hybridized carbons (Fsp3) is 0.214. The number of thiophene rings is 1. The third kappa shape index (κ3) is 3.62. The van der Waals surface area contributed by atoms with E-state index in [1.165, 1.54) is 15.3 Å². The second-order valence-corrected chi connectivity index (χ2v) is 6.29. The summed E-state index contributed by atoms with van der Waals surface area (Å²) >= 11 is 3.23. The summed E-state index contributed by atoms with van der Waals surface area (Å²) in [4.78, 5) is 11.8. The van der Waals surface area contributed by atoms with Crippen LogP contribution in [0.3, 0.4) is 0 Å². The zero-order chi connectivity index (χ0) is 13.0. The minimum absolute atomic E-state index is 0.0386. The molecule has 0 aliphatic carbocycles. The molecule has 0 aliphatic rings. The molecule has 1 aromatic heterocycles. The highest BCUT2D eigenvalue weighted by atomic mass is 32.2. The largest absolute Gasteiger partial charge is 0.325 e. The Kier molecular flexibility index (Phi) is 4.44.